The van der Waals surface area contributed by atoms with Gasteiger partial charge in [0, 0.05) is 39.7 Å². The number of benzene rings is 3. The van der Waals surface area contributed by atoms with Gasteiger partial charge in [-0.2, -0.15) is 5.10 Å². The number of fused-ring (bicyclic) bond motifs is 3. The Kier molecular flexibility index (Phi) is 5.58. The number of carbonyl (C=O) groups is 1. The van der Waals surface area contributed by atoms with Crippen LogP contribution in [0, 0.1) is 5.82 Å². The molecule has 0 unspecified atom stereocenters. The predicted molar refractivity (Wildman–Crippen MR) is 139 cm³/mol. The van der Waals surface area contributed by atoms with Gasteiger partial charge in [0.05, 0.1) is 17.4 Å². The first-order valence-corrected chi connectivity index (χ1v) is 12.4. The van der Waals surface area contributed by atoms with Crippen molar-refractivity contribution in [3.05, 3.63) is 107 Å². The minimum atomic E-state index is -0.303. The van der Waals surface area contributed by atoms with Crippen molar-refractivity contribution in [2.24, 2.45) is 0 Å². The monoisotopic (exact) mass is 496 g/mol. The Bertz CT molecular complexity index is 1620. The van der Waals surface area contributed by atoms with E-state index in [0.29, 0.717) is 29.5 Å². The minimum absolute atomic E-state index is 0.188. The van der Waals surface area contributed by atoms with Crippen LogP contribution >= 0.6 is 11.3 Å². The number of aromatic nitrogens is 3. The number of amides is 1. The molecule has 0 saturated heterocycles. The van der Waals surface area contributed by atoms with E-state index in [4.69, 9.17) is 4.74 Å². The minimum Gasteiger partial charge on any atom is -0.488 e. The van der Waals surface area contributed by atoms with E-state index in [1.807, 2.05) is 48.7 Å². The maximum absolute atomic E-state index is 13.5. The molecular weight excluding hydrogens is 475 g/mol. The summed E-state index contributed by atoms with van der Waals surface area (Å²) in [5.74, 6) is 0.167. The van der Waals surface area contributed by atoms with Gasteiger partial charge >= 0.3 is 0 Å². The first kappa shape index (κ1) is 22.2. The summed E-state index contributed by atoms with van der Waals surface area (Å²) in [6.45, 7) is 2.34. The van der Waals surface area contributed by atoms with Gasteiger partial charge in [0.1, 0.15) is 18.2 Å². The van der Waals surface area contributed by atoms with E-state index in [1.165, 1.54) is 23.5 Å². The largest absolute Gasteiger partial charge is 0.488 e. The van der Waals surface area contributed by atoms with Crippen molar-refractivity contribution in [3.63, 3.8) is 0 Å². The Morgan fingerprint density at radius 3 is 2.75 bits per heavy atom. The fourth-order valence-electron chi connectivity index (χ4n) is 4.58. The number of ether oxygens (including phenoxy) is 1. The molecule has 1 aliphatic rings. The molecule has 0 fully saturated rings. The van der Waals surface area contributed by atoms with Crippen molar-refractivity contribution in [1.29, 1.82) is 0 Å². The van der Waals surface area contributed by atoms with Crippen molar-refractivity contribution in [2.45, 2.75) is 20.0 Å². The van der Waals surface area contributed by atoms with Crippen LogP contribution in [0.2, 0.25) is 0 Å². The SMILES string of the molecule is CC/C(C(=O)Nc1nccs1)=C1/c2ccccc2COc2cc3c(cnn3-c3ccc(F)cc3)cc21. The van der Waals surface area contributed by atoms with E-state index < -0.39 is 0 Å². The lowest BCUT2D eigenvalue weighted by molar-refractivity contribution is -0.112. The zero-order valence-electron chi connectivity index (χ0n) is 19.4. The van der Waals surface area contributed by atoms with Crippen LogP contribution in [0.15, 0.2) is 84.0 Å². The number of carbonyl (C=O) groups excluding carboxylic acids is 1. The molecule has 1 N–H and O–H groups in total. The van der Waals surface area contributed by atoms with E-state index in [0.717, 1.165) is 38.9 Å². The van der Waals surface area contributed by atoms with Gasteiger partial charge in [-0.3, -0.25) is 10.1 Å². The summed E-state index contributed by atoms with van der Waals surface area (Å²) in [6, 6.07) is 18.2. The molecule has 6 nitrogen and oxygen atoms in total. The van der Waals surface area contributed by atoms with Crippen molar-refractivity contribution >= 4 is 38.9 Å². The maximum Gasteiger partial charge on any atom is 0.254 e. The summed E-state index contributed by atoms with van der Waals surface area (Å²) in [7, 11) is 0. The summed E-state index contributed by atoms with van der Waals surface area (Å²) in [5, 5.41) is 10.8. The van der Waals surface area contributed by atoms with Gasteiger partial charge in [0.15, 0.2) is 5.13 Å². The molecule has 0 bridgehead atoms. The molecule has 36 heavy (non-hydrogen) atoms. The van der Waals surface area contributed by atoms with Gasteiger partial charge in [0.2, 0.25) is 0 Å². The fourth-order valence-corrected chi connectivity index (χ4v) is 5.11. The van der Waals surface area contributed by atoms with Crippen molar-refractivity contribution < 1.29 is 13.9 Å². The third-order valence-electron chi connectivity index (χ3n) is 6.26. The second-order valence-electron chi connectivity index (χ2n) is 8.38. The molecule has 1 amide bonds. The van der Waals surface area contributed by atoms with Crippen LogP contribution < -0.4 is 10.1 Å². The van der Waals surface area contributed by atoms with E-state index in [9.17, 15) is 9.18 Å². The molecule has 6 rings (SSSR count). The summed E-state index contributed by atoms with van der Waals surface area (Å²) >= 11 is 1.38. The number of hydrogen-bond acceptors (Lipinski definition) is 5. The quantitative estimate of drug-likeness (QED) is 0.294. The summed E-state index contributed by atoms with van der Waals surface area (Å²) < 4.78 is 21.5. The molecule has 3 heterocycles. The second-order valence-corrected chi connectivity index (χ2v) is 9.28. The van der Waals surface area contributed by atoms with E-state index in [1.54, 1.807) is 29.2 Å². The smallest absolute Gasteiger partial charge is 0.254 e. The average molecular weight is 497 g/mol. The zero-order chi connectivity index (χ0) is 24.6. The number of rotatable bonds is 4. The van der Waals surface area contributed by atoms with Crippen LogP contribution in [-0.4, -0.2) is 20.7 Å². The number of nitrogens with one attached hydrogen (secondary N) is 1. The molecule has 0 spiro atoms. The Morgan fingerprint density at radius 1 is 1.14 bits per heavy atom. The second kappa shape index (κ2) is 9.05. The fraction of sp³-hybridized carbons (Fsp3) is 0.107. The lowest BCUT2D eigenvalue weighted by Crippen LogP contribution is -2.16. The number of thiazole rings is 1. The molecule has 0 atom stereocenters. The Hall–Kier alpha value is -4.30. The molecule has 3 aromatic carbocycles. The van der Waals surface area contributed by atoms with E-state index in [2.05, 4.69) is 15.4 Å². The van der Waals surface area contributed by atoms with Crippen molar-refractivity contribution in [2.75, 3.05) is 5.32 Å². The van der Waals surface area contributed by atoms with Crippen LogP contribution in [-0.2, 0) is 11.4 Å². The normalized spacial score (nSPS) is 13.9. The lowest BCUT2D eigenvalue weighted by atomic mass is 9.88. The topological polar surface area (TPSA) is 69.0 Å². The van der Waals surface area contributed by atoms with Crippen molar-refractivity contribution in [1.82, 2.24) is 14.8 Å². The average Bonchev–Trinajstić information content (AvgIpc) is 3.52. The van der Waals surface area contributed by atoms with Gasteiger partial charge in [-0.1, -0.05) is 31.2 Å². The Balaban J connectivity index is 1.56. The highest BCUT2D eigenvalue weighted by Gasteiger charge is 2.26. The summed E-state index contributed by atoms with van der Waals surface area (Å²) in [4.78, 5) is 17.7. The standard InChI is InChI=1S/C28H21FN4O2S/c1-2-21(27(34)32-28-30-11-12-36-28)26-22-6-4-3-5-17(22)16-35-25-14-24-18(13-23(25)26)15-31-33(24)20-9-7-19(29)8-10-20/h3-15H,2,16H2,1H3,(H,30,32,34)/b26-21+. The summed E-state index contributed by atoms with van der Waals surface area (Å²) in [6.07, 6.45) is 3.96. The Morgan fingerprint density at radius 2 is 1.97 bits per heavy atom. The van der Waals surface area contributed by atoms with Crippen LogP contribution in [0.5, 0.6) is 5.75 Å². The molecule has 1 aliphatic heterocycles. The number of nitrogens with zero attached hydrogens (tertiary/aromatic N) is 3. The van der Waals surface area contributed by atoms with Gasteiger partial charge in [-0.15, -0.1) is 11.3 Å². The molecule has 2 aromatic heterocycles. The van der Waals surface area contributed by atoms with Gasteiger partial charge in [0.25, 0.3) is 5.91 Å². The van der Waals surface area contributed by atoms with Gasteiger partial charge in [-0.25, -0.2) is 14.1 Å². The predicted octanol–water partition coefficient (Wildman–Crippen LogP) is 6.36. The van der Waals surface area contributed by atoms with Crippen molar-refractivity contribution in [3.8, 4) is 11.4 Å². The molecule has 0 radical (unpaired) electrons. The number of halogens is 1. The highest BCUT2D eigenvalue weighted by Crippen LogP contribution is 2.42. The van der Waals surface area contributed by atoms with Crippen LogP contribution in [0.25, 0.3) is 22.2 Å². The highest BCUT2D eigenvalue weighted by molar-refractivity contribution is 7.13. The first-order valence-electron chi connectivity index (χ1n) is 11.6. The first-order chi connectivity index (χ1) is 17.6. The third kappa shape index (κ3) is 3.85. The highest BCUT2D eigenvalue weighted by atomic mass is 32.1. The van der Waals surface area contributed by atoms with Crippen LogP contribution in [0.4, 0.5) is 9.52 Å². The third-order valence-corrected chi connectivity index (χ3v) is 6.95. The molecule has 178 valence electrons. The van der Waals surface area contributed by atoms with Gasteiger partial charge in [-0.05, 0) is 47.9 Å². The number of anilines is 1. The van der Waals surface area contributed by atoms with Crippen LogP contribution in [0.3, 0.4) is 0 Å². The lowest BCUT2D eigenvalue weighted by Gasteiger charge is -2.16. The van der Waals surface area contributed by atoms with Crippen LogP contribution in [0.1, 0.15) is 30.0 Å². The van der Waals surface area contributed by atoms with E-state index in [-0.39, 0.29) is 11.7 Å². The molecule has 8 heteroatoms. The van der Waals surface area contributed by atoms with E-state index >= 15 is 0 Å². The molecule has 5 aromatic rings. The molecule has 0 aliphatic carbocycles. The zero-order valence-corrected chi connectivity index (χ0v) is 20.2. The molecular formula is C28H21FN4O2S. The Labute approximate surface area is 210 Å². The summed E-state index contributed by atoms with van der Waals surface area (Å²) in [5.41, 5.74) is 5.86. The number of hydrogen-bond donors (Lipinski definition) is 1. The molecule has 0 saturated carbocycles. The van der Waals surface area contributed by atoms with Gasteiger partial charge < -0.3 is 4.74 Å². The maximum atomic E-state index is 13.5.